The number of fused-ring (bicyclic) bond motifs is 6. The third kappa shape index (κ3) is 8.90. The van der Waals surface area contributed by atoms with E-state index in [2.05, 4.69) is 6.07 Å². The molecule has 0 fully saturated rings. The Kier molecular flexibility index (Phi) is 11.9. The molecule has 18 heteroatoms. The fourth-order valence-corrected chi connectivity index (χ4v) is 10.4. The maximum Gasteiger partial charge on any atom is 0.417 e. The maximum atomic E-state index is 14.7. The van der Waals surface area contributed by atoms with Crippen LogP contribution < -0.4 is 0 Å². The molecule has 0 N–H and O–H groups in total. The third-order valence-corrected chi connectivity index (χ3v) is 13.9. The Morgan fingerprint density at radius 3 is 1.10 bits per heavy atom. The van der Waals surface area contributed by atoms with E-state index in [4.69, 9.17) is 15.0 Å². The number of hydrogen-bond acceptors (Lipinski definition) is 4. The molecule has 0 saturated heterocycles. The van der Waals surface area contributed by atoms with E-state index in [0.717, 1.165) is 12.1 Å². The van der Waals surface area contributed by atoms with Gasteiger partial charge in [0, 0.05) is 32.7 Å². The van der Waals surface area contributed by atoms with Crippen molar-refractivity contribution in [1.29, 1.82) is 5.26 Å². The minimum atomic E-state index is -5.19. The largest absolute Gasteiger partial charge is 0.417 e. The number of benzene rings is 9. The summed E-state index contributed by atoms with van der Waals surface area (Å²) in [5.41, 5.74) is -3.36. The lowest BCUT2D eigenvalue weighted by molar-refractivity contribution is -0.144. The highest BCUT2D eigenvalue weighted by atomic mass is 19.4. The molecule has 12 rings (SSSR count). The Balaban J connectivity index is 1.19. The molecule has 0 aliphatic heterocycles. The van der Waals surface area contributed by atoms with E-state index in [9.17, 15) is 57.9 Å². The van der Waals surface area contributed by atoms with Crippen LogP contribution in [0.5, 0.6) is 0 Å². The van der Waals surface area contributed by atoms with Crippen molar-refractivity contribution in [3.05, 3.63) is 222 Å². The van der Waals surface area contributed by atoms with Crippen molar-refractivity contribution in [2.24, 2.45) is 0 Å². The predicted octanol–water partition coefficient (Wildman–Crippen LogP) is 18.3. The Bertz CT molecular complexity index is 4220. The molecule has 0 aliphatic carbocycles. The molecule has 0 aliphatic rings. The maximum absolute atomic E-state index is 14.7. The van der Waals surface area contributed by atoms with Crippen LogP contribution in [-0.2, 0) is 24.7 Å². The van der Waals surface area contributed by atoms with Crippen molar-refractivity contribution in [1.82, 2.24) is 24.1 Å². The molecule has 0 unspecified atom stereocenters. The number of rotatable bonds is 7. The van der Waals surface area contributed by atoms with Gasteiger partial charge in [-0.15, -0.1) is 0 Å². The van der Waals surface area contributed by atoms with E-state index in [1.165, 1.54) is 36.4 Å². The van der Waals surface area contributed by atoms with Crippen LogP contribution in [0.1, 0.15) is 27.8 Å². The molecule has 0 atom stereocenters. The molecule has 6 nitrogen and oxygen atoms in total. The zero-order valence-corrected chi connectivity index (χ0v) is 40.7. The van der Waals surface area contributed by atoms with Gasteiger partial charge in [-0.1, -0.05) is 121 Å². The van der Waals surface area contributed by atoms with Crippen LogP contribution in [0.15, 0.2) is 194 Å². The van der Waals surface area contributed by atoms with Gasteiger partial charge in [0.1, 0.15) is 0 Å². The lowest BCUT2D eigenvalue weighted by Gasteiger charge is -2.21. The second-order valence-corrected chi connectivity index (χ2v) is 18.7. The molecule has 9 aromatic carbocycles. The normalized spacial score (nSPS) is 12.5. The highest BCUT2D eigenvalue weighted by molar-refractivity contribution is 6.13. The van der Waals surface area contributed by atoms with Crippen LogP contribution in [0.2, 0.25) is 0 Å². The zero-order valence-electron chi connectivity index (χ0n) is 40.7. The Morgan fingerprint density at radius 1 is 0.338 bits per heavy atom. The molecule has 80 heavy (non-hydrogen) atoms. The fraction of sp³-hybridized carbons (Fsp3) is 0.0645. The van der Waals surface area contributed by atoms with E-state index < -0.39 is 58.1 Å². The summed E-state index contributed by atoms with van der Waals surface area (Å²) in [4.78, 5) is 15.2. The molecule has 3 heterocycles. The third-order valence-electron chi connectivity index (χ3n) is 13.9. The van der Waals surface area contributed by atoms with E-state index in [1.807, 2.05) is 12.1 Å². The Labute approximate surface area is 444 Å². The molecule has 394 valence electrons. The van der Waals surface area contributed by atoms with Crippen LogP contribution in [0.4, 0.5) is 52.7 Å². The molecular formula is C62H32F12N6. The summed E-state index contributed by atoms with van der Waals surface area (Å²) in [6.07, 6.45) is -20.5. The number of alkyl halides is 12. The summed E-state index contributed by atoms with van der Waals surface area (Å²) >= 11 is 0. The molecular weight excluding hydrogens is 1060 g/mol. The number of nitrogens with zero attached hydrogens (tertiary/aromatic N) is 6. The first-order chi connectivity index (χ1) is 38.2. The summed E-state index contributed by atoms with van der Waals surface area (Å²) in [6.45, 7) is 0. The topological polar surface area (TPSA) is 72.3 Å². The second kappa shape index (κ2) is 18.7. The molecule has 12 aromatic rings. The van der Waals surface area contributed by atoms with Gasteiger partial charge in [0.05, 0.1) is 72.9 Å². The fourth-order valence-electron chi connectivity index (χ4n) is 10.4. The summed E-state index contributed by atoms with van der Waals surface area (Å²) in [7, 11) is 0. The second-order valence-electron chi connectivity index (χ2n) is 18.7. The average molecular weight is 1090 g/mol. The monoisotopic (exact) mass is 1090 g/mol. The van der Waals surface area contributed by atoms with Crippen LogP contribution in [-0.4, -0.2) is 24.1 Å². The van der Waals surface area contributed by atoms with Gasteiger partial charge in [0.15, 0.2) is 17.5 Å². The van der Waals surface area contributed by atoms with Gasteiger partial charge >= 0.3 is 24.7 Å². The van der Waals surface area contributed by atoms with Gasteiger partial charge in [0.2, 0.25) is 0 Å². The van der Waals surface area contributed by atoms with Crippen LogP contribution in [0.3, 0.4) is 0 Å². The molecule has 0 amide bonds. The lowest BCUT2D eigenvalue weighted by atomic mass is 9.95. The first-order valence-electron chi connectivity index (χ1n) is 24.3. The van der Waals surface area contributed by atoms with Crippen LogP contribution >= 0.6 is 0 Å². The van der Waals surface area contributed by atoms with E-state index in [-0.39, 0.29) is 63.2 Å². The molecule has 0 radical (unpaired) electrons. The number of hydrogen-bond donors (Lipinski definition) is 0. The predicted molar refractivity (Wildman–Crippen MR) is 280 cm³/mol. The van der Waals surface area contributed by atoms with Crippen molar-refractivity contribution in [2.75, 3.05) is 0 Å². The standard InChI is InChI=1S/C62H32F12N6/c63-59(64,65)39-21-23-41(47(31-39)61(69,70)71)37-19-25-51-45(29-37)43-15-7-9-17-49(43)79(51)53-27-34(33-75)28-54(55(53)58-77-56(35-11-3-1-4-12-35)76-57(78-58)36-13-5-2-6-14-36)80-50-18-10-8-16-44(50)46-30-38(20-26-52(46)80)42-24-22-40(60(66,67)68)32-48(42)62(72,73)74/h1-32H. The van der Waals surface area contributed by atoms with Gasteiger partial charge in [0.25, 0.3) is 0 Å². The minimum Gasteiger partial charge on any atom is -0.308 e. The van der Waals surface area contributed by atoms with Gasteiger partial charge in [-0.05, 0) is 95.1 Å². The molecule has 0 spiro atoms. The van der Waals surface area contributed by atoms with Crippen molar-refractivity contribution >= 4 is 43.6 Å². The SMILES string of the molecule is N#Cc1cc(-n2c3ccccc3c3cc(-c4ccc(C(F)(F)F)cc4C(F)(F)F)ccc32)c(-c2nc(-c3ccccc3)nc(-c3ccccc3)n2)c(-n2c3ccccc3c3cc(-c4ccc(C(F)(F)F)cc4C(F)(F)F)ccc32)c1. The van der Waals surface area contributed by atoms with Gasteiger partial charge in [-0.25, -0.2) is 15.0 Å². The number of halogens is 12. The number of aromatic nitrogens is 5. The van der Waals surface area contributed by atoms with Crippen LogP contribution in [0, 0.1) is 11.3 Å². The summed E-state index contributed by atoms with van der Waals surface area (Å²) in [6, 6.07) is 48.8. The highest BCUT2D eigenvalue weighted by Crippen LogP contribution is 2.47. The summed E-state index contributed by atoms with van der Waals surface area (Å²) < 4.78 is 175. The summed E-state index contributed by atoms with van der Waals surface area (Å²) in [5.74, 6) is 0.503. The number of para-hydroxylation sites is 2. The molecule has 0 bridgehead atoms. The molecule has 3 aromatic heterocycles. The van der Waals surface area contributed by atoms with Crippen molar-refractivity contribution in [3.8, 4) is 73.9 Å². The van der Waals surface area contributed by atoms with Crippen molar-refractivity contribution < 1.29 is 52.7 Å². The van der Waals surface area contributed by atoms with E-state index in [1.54, 1.807) is 118 Å². The van der Waals surface area contributed by atoms with Gasteiger partial charge < -0.3 is 9.13 Å². The zero-order chi connectivity index (χ0) is 56.0. The lowest BCUT2D eigenvalue weighted by Crippen LogP contribution is -2.12. The minimum absolute atomic E-state index is 0.0473. The first-order valence-corrected chi connectivity index (χ1v) is 24.3. The van der Waals surface area contributed by atoms with Gasteiger partial charge in [-0.2, -0.15) is 57.9 Å². The smallest absolute Gasteiger partial charge is 0.308 e. The van der Waals surface area contributed by atoms with Gasteiger partial charge in [-0.3, -0.25) is 0 Å². The summed E-state index contributed by atoms with van der Waals surface area (Å²) in [5, 5.41) is 12.7. The van der Waals surface area contributed by atoms with E-state index >= 15 is 0 Å². The quantitative estimate of drug-likeness (QED) is 0.149. The van der Waals surface area contributed by atoms with E-state index in [0.29, 0.717) is 66.9 Å². The molecule has 0 saturated carbocycles. The van der Waals surface area contributed by atoms with Crippen LogP contribution in [0.25, 0.3) is 111 Å². The number of nitriles is 1. The van der Waals surface area contributed by atoms with Crippen molar-refractivity contribution in [3.63, 3.8) is 0 Å². The Hall–Kier alpha value is -9.76. The highest BCUT2D eigenvalue weighted by Gasteiger charge is 2.40. The Morgan fingerprint density at radius 2 is 0.713 bits per heavy atom. The van der Waals surface area contributed by atoms with Crippen molar-refractivity contribution in [2.45, 2.75) is 24.7 Å². The first kappa shape index (κ1) is 51.0. The average Bonchev–Trinajstić information content (AvgIpc) is 4.03.